The number of nitrogens with two attached hydrogens (primary N) is 2. The van der Waals surface area contributed by atoms with Crippen LogP contribution in [-0.2, 0) is 20.0 Å². The molecule has 0 bridgehead atoms. The van der Waals surface area contributed by atoms with E-state index in [2.05, 4.69) is 40.6 Å². The lowest BCUT2D eigenvalue weighted by molar-refractivity contribution is 0.410. The molecule has 0 spiro atoms. The molecular formula is C17H18N10O4S2. The van der Waals surface area contributed by atoms with Crippen LogP contribution in [0.5, 0.6) is 0 Å². The van der Waals surface area contributed by atoms with Gasteiger partial charge in [0.05, 0.1) is 16.6 Å². The van der Waals surface area contributed by atoms with Crippen LogP contribution in [0.25, 0.3) is 33.5 Å². The predicted molar refractivity (Wildman–Crippen MR) is 117 cm³/mol. The molecule has 33 heavy (non-hydrogen) atoms. The molecule has 3 heterocycles. The molecule has 1 aliphatic heterocycles. The molecule has 0 saturated carbocycles. The number of aromatic nitrogens is 6. The van der Waals surface area contributed by atoms with Gasteiger partial charge < -0.3 is 16.0 Å². The van der Waals surface area contributed by atoms with Gasteiger partial charge in [-0.15, -0.1) is 10.2 Å². The first-order chi connectivity index (χ1) is 15.6. The quantitative estimate of drug-likeness (QED) is 0.191. The number of fused-ring (bicyclic) bond motifs is 1. The van der Waals surface area contributed by atoms with Crippen LogP contribution in [0, 0.1) is 0 Å². The van der Waals surface area contributed by atoms with E-state index in [1.165, 1.54) is 12.1 Å². The second kappa shape index (κ2) is 7.56. The average Bonchev–Trinajstić information content (AvgIpc) is 3.37. The Kier molecular flexibility index (Phi) is 4.91. The Morgan fingerprint density at radius 3 is 2.48 bits per heavy atom. The summed E-state index contributed by atoms with van der Waals surface area (Å²) in [5.41, 5.74) is 7.45. The van der Waals surface area contributed by atoms with Gasteiger partial charge in [0.25, 0.3) is 0 Å². The molecule has 2 aromatic carbocycles. The van der Waals surface area contributed by atoms with Gasteiger partial charge in [-0.25, -0.2) is 31.7 Å². The highest BCUT2D eigenvalue weighted by molar-refractivity contribution is 7.92. The number of primary sulfonamides is 1. The fourth-order valence-corrected chi connectivity index (χ4v) is 6.53. The number of rotatable bonds is 6. The molecule has 1 saturated heterocycles. The molecule has 8 N–H and O–H groups in total. The molecular weight excluding hydrogens is 472 g/mol. The minimum atomic E-state index is -4.59. The van der Waals surface area contributed by atoms with Crippen LogP contribution in [0.4, 0.5) is 5.95 Å². The first-order valence-corrected chi connectivity index (χ1v) is 12.6. The molecule has 0 amide bonds. The molecule has 14 nitrogen and oxygen atoms in total. The van der Waals surface area contributed by atoms with E-state index in [1.807, 2.05) is 0 Å². The van der Waals surface area contributed by atoms with E-state index in [1.54, 1.807) is 18.2 Å². The maximum Gasteiger partial charge on any atom is 0.242 e. The van der Waals surface area contributed by atoms with Gasteiger partial charge in [-0.1, -0.05) is 18.2 Å². The molecule has 172 valence electrons. The van der Waals surface area contributed by atoms with E-state index < -0.39 is 29.8 Å². The normalized spacial score (nSPS) is 15.1. The largest absolute Gasteiger partial charge is 0.369 e. The van der Waals surface area contributed by atoms with Gasteiger partial charge in [-0.05, 0) is 22.9 Å². The third-order valence-corrected chi connectivity index (χ3v) is 7.87. The van der Waals surface area contributed by atoms with Crippen molar-refractivity contribution < 1.29 is 16.8 Å². The summed E-state index contributed by atoms with van der Waals surface area (Å²) in [4.78, 5) is 6.00. The molecule has 0 unspecified atom stereocenters. The zero-order valence-corrected chi connectivity index (χ0v) is 18.4. The summed E-state index contributed by atoms with van der Waals surface area (Å²) in [6, 6.07) is 7.39. The Balaban J connectivity index is 1.85. The standard InChI is InChI=1S/C17H18N10O4S2/c18-17-21-11-3-1-2-10(14(11)22-17)9-4-5-12(33(30,31)25-8-6-20-7-8)15(32(19,28)29)13(9)16-23-26-27-24-16/h1-5,8,20,25H,6-7H2,(H3,18,21,22)(H2,19,28,29)(H,23,24,26,27). The molecule has 16 heteroatoms. The Bertz CT molecular complexity index is 1580. The number of imidazole rings is 1. The van der Waals surface area contributed by atoms with Gasteiger partial charge in [-0.3, -0.25) is 0 Å². The van der Waals surface area contributed by atoms with Gasteiger partial charge in [0.15, 0.2) is 5.95 Å². The molecule has 4 aromatic rings. The van der Waals surface area contributed by atoms with Crippen LogP contribution in [0.15, 0.2) is 40.1 Å². The van der Waals surface area contributed by atoms with Crippen LogP contribution < -0.4 is 20.9 Å². The highest BCUT2D eigenvalue weighted by Crippen LogP contribution is 2.40. The van der Waals surface area contributed by atoms with Crippen LogP contribution >= 0.6 is 0 Å². The lowest BCUT2D eigenvalue weighted by Crippen LogP contribution is -2.56. The molecule has 1 aliphatic rings. The molecule has 5 rings (SSSR count). The van der Waals surface area contributed by atoms with Crippen molar-refractivity contribution in [2.24, 2.45) is 5.14 Å². The minimum Gasteiger partial charge on any atom is -0.369 e. The number of tetrazole rings is 1. The van der Waals surface area contributed by atoms with Crippen LogP contribution in [0.1, 0.15) is 0 Å². The van der Waals surface area contributed by atoms with E-state index >= 15 is 0 Å². The maximum absolute atomic E-state index is 13.1. The topological polar surface area (TPSA) is 228 Å². The van der Waals surface area contributed by atoms with Crippen LogP contribution in [0.3, 0.4) is 0 Å². The Morgan fingerprint density at radius 1 is 1.06 bits per heavy atom. The number of anilines is 1. The SMILES string of the molecule is Nc1nc2c(-c3ccc(S(=O)(=O)NC4CNC4)c(S(N)(=O)=O)c3-c3nn[nH]n3)cccc2[nH]1. The van der Waals surface area contributed by atoms with E-state index in [0.717, 1.165) is 0 Å². The lowest BCUT2D eigenvalue weighted by atomic mass is 9.98. The Labute approximate surface area is 187 Å². The third kappa shape index (κ3) is 3.72. The molecule has 0 atom stereocenters. The first-order valence-electron chi connectivity index (χ1n) is 9.56. The number of para-hydroxylation sites is 1. The number of benzene rings is 2. The number of nitrogens with zero attached hydrogens (tertiary/aromatic N) is 4. The number of hydrogen-bond donors (Lipinski definition) is 6. The second-order valence-electron chi connectivity index (χ2n) is 7.40. The van der Waals surface area contributed by atoms with E-state index in [0.29, 0.717) is 29.7 Å². The Hall–Kier alpha value is -3.44. The molecule has 2 aromatic heterocycles. The van der Waals surface area contributed by atoms with Gasteiger partial charge in [-0.2, -0.15) is 5.21 Å². The Morgan fingerprint density at radius 2 is 1.85 bits per heavy atom. The predicted octanol–water partition coefficient (Wildman–Crippen LogP) is -1.11. The van der Waals surface area contributed by atoms with Gasteiger partial charge in [0.2, 0.25) is 25.9 Å². The van der Waals surface area contributed by atoms with Crippen molar-refractivity contribution in [2.45, 2.75) is 15.8 Å². The second-order valence-corrected chi connectivity index (χ2v) is 10.6. The van der Waals surface area contributed by atoms with Gasteiger partial charge in [0.1, 0.15) is 9.79 Å². The zero-order valence-electron chi connectivity index (χ0n) is 16.8. The zero-order chi connectivity index (χ0) is 23.4. The summed E-state index contributed by atoms with van der Waals surface area (Å²) in [6.45, 7) is 0.838. The molecule has 0 aliphatic carbocycles. The van der Waals surface area contributed by atoms with Crippen LogP contribution in [0.2, 0.25) is 0 Å². The van der Waals surface area contributed by atoms with E-state index in [9.17, 15) is 16.8 Å². The monoisotopic (exact) mass is 490 g/mol. The van der Waals surface area contributed by atoms with E-state index in [-0.39, 0.29) is 28.9 Å². The van der Waals surface area contributed by atoms with Crippen molar-refractivity contribution in [3.63, 3.8) is 0 Å². The molecule has 1 fully saturated rings. The number of H-pyrrole nitrogens is 2. The highest BCUT2D eigenvalue weighted by atomic mass is 32.2. The lowest BCUT2D eigenvalue weighted by Gasteiger charge is -2.28. The third-order valence-electron chi connectivity index (χ3n) is 5.19. The summed E-state index contributed by atoms with van der Waals surface area (Å²) < 4.78 is 54.3. The van der Waals surface area contributed by atoms with Crippen molar-refractivity contribution in [2.75, 3.05) is 18.8 Å². The van der Waals surface area contributed by atoms with Crippen molar-refractivity contribution in [3.8, 4) is 22.5 Å². The fraction of sp³-hybridized carbons (Fsp3) is 0.176. The van der Waals surface area contributed by atoms with Crippen molar-refractivity contribution in [3.05, 3.63) is 30.3 Å². The summed E-state index contributed by atoms with van der Waals surface area (Å²) in [5.74, 6) is -0.000339. The highest BCUT2D eigenvalue weighted by Gasteiger charge is 2.34. The summed E-state index contributed by atoms with van der Waals surface area (Å²) in [7, 11) is -8.85. The van der Waals surface area contributed by atoms with E-state index in [4.69, 9.17) is 10.9 Å². The summed E-state index contributed by atoms with van der Waals surface area (Å²) in [5, 5.41) is 22.0. The number of nitrogen functional groups attached to an aromatic ring is 1. The van der Waals surface area contributed by atoms with Crippen molar-refractivity contribution in [1.29, 1.82) is 0 Å². The molecule has 0 radical (unpaired) electrons. The summed E-state index contributed by atoms with van der Waals surface area (Å²) >= 11 is 0. The number of nitrogens with one attached hydrogen (secondary N) is 4. The average molecular weight is 491 g/mol. The van der Waals surface area contributed by atoms with Crippen LogP contribution in [-0.4, -0.2) is 66.6 Å². The summed E-state index contributed by atoms with van der Waals surface area (Å²) in [6.07, 6.45) is 0. The smallest absolute Gasteiger partial charge is 0.242 e. The maximum atomic E-state index is 13.1. The number of sulfonamides is 2. The number of aromatic amines is 2. The van der Waals surface area contributed by atoms with Gasteiger partial charge in [0, 0.05) is 24.7 Å². The van der Waals surface area contributed by atoms with Crippen molar-refractivity contribution in [1.82, 2.24) is 40.6 Å². The van der Waals surface area contributed by atoms with Crippen molar-refractivity contribution >= 4 is 37.0 Å². The fourth-order valence-electron chi connectivity index (χ4n) is 3.70. The first kappa shape index (κ1) is 21.4. The minimum absolute atomic E-state index is 0.130. The van der Waals surface area contributed by atoms with Gasteiger partial charge >= 0.3 is 0 Å². The number of hydrogen-bond acceptors (Lipinski definition) is 10.